The fourth-order valence-corrected chi connectivity index (χ4v) is 3.14. The predicted octanol–water partition coefficient (Wildman–Crippen LogP) is 2.89. The Bertz CT molecular complexity index is 738. The Labute approximate surface area is 127 Å². The maximum Gasteiger partial charge on any atom is 0.223 e. The fourth-order valence-electron chi connectivity index (χ4n) is 2.17. The topological polar surface area (TPSA) is 76.7 Å². The summed E-state index contributed by atoms with van der Waals surface area (Å²) < 4.78 is 0. The highest BCUT2D eigenvalue weighted by Gasteiger charge is 2.09. The molecule has 6 heteroatoms. The van der Waals surface area contributed by atoms with Crippen LogP contribution >= 0.6 is 11.3 Å². The normalized spacial score (nSPS) is 10.9. The number of thiophene rings is 1. The molecule has 21 heavy (non-hydrogen) atoms. The Balaban J connectivity index is 1.78. The SMILES string of the molecule is CCc1cc2c(NCCc3cccnc3)nc(N)nc2s1. The average Bonchev–Trinajstić information content (AvgIpc) is 2.91. The summed E-state index contributed by atoms with van der Waals surface area (Å²) in [6.07, 6.45) is 5.55. The first-order valence-electron chi connectivity index (χ1n) is 6.95. The van der Waals surface area contributed by atoms with E-state index in [1.54, 1.807) is 17.5 Å². The van der Waals surface area contributed by atoms with Crippen LogP contribution in [-0.2, 0) is 12.8 Å². The molecule has 0 radical (unpaired) electrons. The molecule has 0 aromatic carbocycles. The fraction of sp³-hybridized carbons (Fsp3) is 0.267. The molecule has 3 aromatic rings. The second kappa shape index (κ2) is 6.05. The number of nitrogens with two attached hydrogens (primary N) is 1. The van der Waals surface area contributed by atoms with Crippen LogP contribution in [0.4, 0.5) is 11.8 Å². The minimum Gasteiger partial charge on any atom is -0.369 e. The molecule has 0 fully saturated rings. The number of aromatic nitrogens is 3. The highest BCUT2D eigenvalue weighted by Crippen LogP contribution is 2.29. The van der Waals surface area contributed by atoms with E-state index in [0.717, 1.165) is 35.4 Å². The summed E-state index contributed by atoms with van der Waals surface area (Å²) in [6.45, 7) is 2.92. The van der Waals surface area contributed by atoms with Gasteiger partial charge in [-0.15, -0.1) is 11.3 Å². The zero-order valence-corrected chi connectivity index (χ0v) is 12.7. The monoisotopic (exact) mass is 299 g/mol. The quantitative estimate of drug-likeness (QED) is 0.757. The number of rotatable bonds is 5. The molecule has 3 aromatic heterocycles. The number of aryl methyl sites for hydroxylation is 1. The van der Waals surface area contributed by atoms with E-state index in [4.69, 9.17) is 5.73 Å². The van der Waals surface area contributed by atoms with Gasteiger partial charge >= 0.3 is 0 Å². The van der Waals surface area contributed by atoms with Crippen molar-refractivity contribution in [2.45, 2.75) is 19.8 Å². The molecule has 0 spiro atoms. The molecular weight excluding hydrogens is 282 g/mol. The van der Waals surface area contributed by atoms with Crippen molar-refractivity contribution in [1.29, 1.82) is 0 Å². The number of fused-ring (bicyclic) bond motifs is 1. The third-order valence-electron chi connectivity index (χ3n) is 3.24. The maximum absolute atomic E-state index is 5.79. The number of pyridine rings is 1. The highest BCUT2D eigenvalue weighted by atomic mass is 32.1. The van der Waals surface area contributed by atoms with Gasteiger partial charge in [0.1, 0.15) is 10.6 Å². The van der Waals surface area contributed by atoms with Gasteiger partial charge in [-0.25, -0.2) is 4.98 Å². The van der Waals surface area contributed by atoms with E-state index in [2.05, 4.69) is 39.3 Å². The van der Waals surface area contributed by atoms with Crippen LogP contribution in [0.25, 0.3) is 10.2 Å². The third-order valence-corrected chi connectivity index (χ3v) is 4.41. The van der Waals surface area contributed by atoms with Gasteiger partial charge in [-0.2, -0.15) is 4.98 Å². The molecule has 3 N–H and O–H groups in total. The molecule has 0 aliphatic heterocycles. The average molecular weight is 299 g/mol. The molecule has 3 rings (SSSR count). The van der Waals surface area contributed by atoms with Crippen molar-refractivity contribution in [1.82, 2.24) is 15.0 Å². The van der Waals surface area contributed by atoms with E-state index in [0.29, 0.717) is 5.95 Å². The minimum absolute atomic E-state index is 0.316. The van der Waals surface area contributed by atoms with Crippen LogP contribution in [0.3, 0.4) is 0 Å². The second-order valence-corrected chi connectivity index (χ2v) is 5.87. The Kier molecular flexibility index (Phi) is 3.96. The van der Waals surface area contributed by atoms with Crippen LogP contribution in [0.2, 0.25) is 0 Å². The van der Waals surface area contributed by atoms with E-state index in [1.165, 1.54) is 10.4 Å². The van der Waals surface area contributed by atoms with Gasteiger partial charge in [0.15, 0.2) is 0 Å². The van der Waals surface area contributed by atoms with E-state index < -0.39 is 0 Å². The van der Waals surface area contributed by atoms with Crippen LogP contribution in [0.5, 0.6) is 0 Å². The Morgan fingerprint density at radius 3 is 3.00 bits per heavy atom. The van der Waals surface area contributed by atoms with Crippen LogP contribution in [0.15, 0.2) is 30.6 Å². The summed E-state index contributed by atoms with van der Waals surface area (Å²) in [4.78, 5) is 15.0. The number of nitrogen functional groups attached to an aromatic ring is 1. The van der Waals surface area contributed by atoms with Crippen molar-refractivity contribution in [2.24, 2.45) is 0 Å². The van der Waals surface area contributed by atoms with Gasteiger partial charge in [-0.05, 0) is 30.5 Å². The smallest absolute Gasteiger partial charge is 0.223 e. The van der Waals surface area contributed by atoms with E-state index >= 15 is 0 Å². The number of anilines is 2. The van der Waals surface area contributed by atoms with Crippen LogP contribution < -0.4 is 11.1 Å². The van der Waals surface area contributed by atoms with Crippen molar-refractivity contribution in [2.75, 3.05) is 17.6 Å². The summed E-state index contributed by atoms with van der Waals surface area (Å²) >= 11 is 1.67. The van der Waals surface area contributed by atoms with Gasteiger partial charge < -0.3 is 11.1 Å². The Hall–Kier alpha value is -2.21. The van der Waals surface area contributed by atoms with E-state index in [-0.39, 0.29) is 0 Å². The first kappa shape index (κ1) is 13.8. The van der Waals surface area contributed by atoms with Gasteiger partial charge in [0.2, 0.25) is 5.95 Å². The predicted molar refractivity (Wildman–Crippen MR) is 87.6 cm³/mol. The van der Waals surface area contributed by atoms with Crippen molar-refractivity contribution in [3.8, 4) is 0 Å². The number of hydrogen-bond acceptors (Lipinski definition) is 6. The van der Waals surface area contributed by atoms with Crippen molar-refractivity contribution < 1.29 is 0 Å². The highest BCUT2D eigenvalue weighted by molar-refractivity contribution is 7.18. The summed E-state index contributed by atoms with van der Waals surface area (Å²) in [5.41, 5.74) is 6.99. The zero-order chi connectivity index (χ0) is 14.7. The number of nitrogens with one attached hydrogen (secondary N) is 1. The van der Waals surface area contributed by atoms with Crippen molar-refractivity contribution in [3.05, 3.63) is 41.0 Å². The summed E-state index contributed by atoms with van der Waals surface area (Å²) in [6, 6.07) is 6.16. The largest absolute Gasteiger partial charge is 0.369 e. The molecule has 0 saturated heterocycles. The van der Waals surface area contributed by atoms with Gasteiger partial charge in [-0.3, -0.25) is 4.98 Å². The Morgan fingerprint density at radius 2 is 2.24 bits per heavy atom. The minimum atomic E-state index is 0.316. The van der Waals surface area contributed by atoms with Gasteiger partial charge in [0.25, 0.3) is 0 Å². The summed E-state index contributed by atoms with van der Waals surface area (Å²) in [7, 11) is 0. The molecule has 108 valence electrons. The molecule has 0 bridgehead atoms. The first-order chi connectivity index (χ1) is 10.3. The van der Waals surface area contributed by atoms with Crippen LogP contribution in [-0.4, -0.2) is 21.5 Å². The number of hydrogen-bond donors (Lipinski definition) is 2. The molecule has 5 nitrogen and oxygen atoms in total. The lowest BCUT2D eigenvalue weighted by molar-refractivity contribution is 0.995. The lowest BCUT2D eigenvalue weighted by atomic mass is 10.2. The maximum atomic E-state index is 5.79. The number of nitrogens with zero attached hydrogens (tertiary/aromatic N) is 3. The van der Waals surface area contributed by atoms with E-state index in [9.17, 15) is 0 Å². The Morgan fingerprint density at radius 1 is 1.33 bits per heavy atom. The molecule has 0 atom stereocenters. The van der Waals surface area contributed by atoms with Crippen molar-refractivity contribution in [3.63, 3.8) is 0 Å². The summed E-state index contributed by atoms with van der Waals surface area (Å²) in [5.74, 6) is 1.13. The third kappa shape index (κ3) is 3.11. The molecule has 0 aliphatic carbocycles. The van der Waals surface area contributed by atoms with E-state index in [1.807, 2.05) is 12.3 Å². The molecule has 0 amide bonds. The standard InChI is InChI=1S/C15H17N5S/c1-2-11-8-12-13(19-15(16)20-14(12)21-11)18-7-5-10-4-3-6-17-9-10/h3-4,6,8-9H,2,5,7H2,1H3,(H3,16,18,19,20). The lowest BCUT2D eigenvalue weighted by Gasteiger charge is -2.07. The second-order valence-electron chi connectivity index (χ2n) is 4.75. The first-order valence-corrected chi connectivity index (χ1v) is 7.76. The van der Waals surface area contributed by atoms with Crippen molar-refractivity contribution >= 4 is 33.3 Å². The van der Waals surface area contributed by atoms with Crippen LogP contribution in [0, 0.1) is 0 Å². The molecule has 0 aliphatic rings. The van der Waals surface area contributed by atoms with Gasteiger partial charge in [-0.1, -0.05) is 13.0 Å². The zero-order valence-electron chi connectivity index (χ0n) is 11.8. The van der Waals surface area contributed by atoms with Gasteiger partial charge in [0.05, 0.1) is 5.39 Å². The molecule has 0 unspecified atom stereocenters. The molecular formula is C15H17N5S. The van der Waals surface area contributed by atoms with Gasteiger partial charge in [0, 0.05) is 23.8 Å². The summed E-state index contributed by atoms with van der Waals surface area (Å²) in [5, 5.41) is 4.42. The lowest BCUT2D eigenvalue weighted by Crippen LogP contribution is -2.08. The van der Waals surface area contributed by atoms with Crippen LogP contribution in [0.1, 0.15) is 17.4 Å². The molecule has 3 heterocycles. The molecule has 0 saturated carbocycles.